The maximum atomic E-state index is 12.7. The number of nitrogens with one attached hydrogen (secondary N) is 1. The summed E-state index contributed by atoms with van der Waals surface area (Å²) in [6.45, 7) is 6.10. The van der Waals surface area contributed by atoms with E-state index in [1.165, 1.54) is 6.26 Å². The van der Waals surface area contributed by atoms with Crippen LogP contribution in [0.3, 0.4) is 0 Å². The number of nitrogens with zero attached hydrogens (tertiary/aromatic N) is 1. The van der Waals surface area contributed by atoms with E-state index in [1.807, 2.05) is 6.92 Å². The van der Waals surface area contributed by atoms with Gasteiger partial charge < -0.3 is 19.4 Å². The minimum atomic E-state index is -0.102. The fourth-order valence-electron chi connectivity index (χ4n) is 2.68. The molecule has 6 nitrogen and oxygen atoms in total. The molecular formula is C17H26N2O4. The van der Waals surface area contributed by atoms with Crippen LogP contribution in [0, 0.1) is 6.92 Å². The number of aryl methyl sites for hydroxylation is 1. The van der Waals surface area contributed by atoms with Gasteiger partial charge in [0.15, 0.2) is 0 Å². The van der Waals surface area contributed by atoms with Crippen LogP contribution in [0.1, 0.15) is 48.7 Å². The topological polar surface area (TPSA) is 71.8 Å². The number of ether oxygens (including phenoxy) is 1. The summed E-state index contributed by atoms with van der Waals surface area (Å²) in [5.41, 5.74) is 0.553. The normalized spacial score (nSPS) is 17.2. The number of furan rings is 1. The summed E-state index contributed by atoms with van der Waals surface area (Å²) < 4.78 is 10.9. The monoisotopic (exact) mass is 322 g/mol. The number of carbonyl (C=O) groups excluding carboxylic acids is 2. The molecule has 6 heteroatoms. The summed E-state index contributed by atoms with van der Waals surface area (Å²) in [5.74, 6) is 0.471. The van der Waals surface area contributed by atoms with Gasteiger partial charge in [0.2, 0.25) is 5.91 Å². The molecule has 1 saturated heterocycles. The van der Waals surface area contributed by atoms with Gasteiger partial charge in [-0.15, -0.1) is 0 Å². The van der Waals surface area contributed by atoms with Crippen molar-refractivity contribution in [2.75, 3.05) is 26.2 Å². The Kier molecular flexibility index (Phi) is 6.65. The van der Waals surface area contributed by atoms with Gasteiger partial charge in [-0.2, -0.15) is 0 Å². The van der Waals surface area contributed by atoms with Gasteiger partial charge in [-0.3, -0.25) is 9.59 Å². The molecule has 0 saturated carbocycles. The molecule has 2 amide bonds. The van der Waals surface area contributed by atoms with Crippen molar-refractivity contribution in [1.82, 2.24) is 10.2 Å². The van der Waals surface area contributed by atoms with E-state index in [0.717, 1.165) is 25.9 Å². The van der Waals surface area contributed by atoms with E-state index < -0.39 is 0 Å². The van der Waals surface area contributed by atoms with Crippen molar-refractivity contribution < 1.29 is 18.7 Å². The molecule has 0 aromatic carbocycles. The van der Waals surface area contributed by atoms with Crippen molar-refractivity contribution in [2.45, 2.75) is 45.6 Å². The summed E-state index contributed by atoms with van der Waals surface area (Å²) in [5, 5.41) is 2.84. The van der Waals surface area contributed by atoms with Crippen molar-refractivity contribution in [1.29, 1.82) is 0 Å². The number of rotatable bonds is 8. The van der Waals surface area contributed by atoms with Gasteiger partial charge in [-0.1, -0.05) is 6.92 Å². The van der Waals surface area contributed by atoms with Crippen LogP contribution in [0.15, 0.2) is 16.7 Å². The Hall–Kier alpha value is -1.82. The molecule has 2 rings (SSSR count). The summed E-state index contributed by atoms with van der Waals surface area (Å²) in [7, 11) is 0. The first-order chi connectivity index (χ1) is 11.1. The summed E-state index contributed by atoms with van der Waals surface area (Å²) in [4.78, 5) is 26.2. The van der Waals surface area contributed by atoms with E-state index >= 15 is 0 Å². The molecule has 1 aromatic rings. The Balaban J connectivity index is 1.97. The molecule has 1 aliphatic heterocycles. The van der Waals surface area contributed by atoms with Gasteiger partial charge in [0.1, 0.15) is 5.76 Å². The number of amides is 2. The average Bonchev–Trinajstić information content (AvgIpc) is 3.20. The van der Waals surface area contributed by atoms with Crippen LogP contribution >= 0.6 is 0 Å². The Morgan fingerprint density at radius 3 is 2.87 bits per heavy atom. The van der Waals surface area contributed by atoms with E-state index in [1.54, 1.807) is 17.9 Å². The summed E-state index contributed by atoms with van der Waals surface area (Å²) in [6, 6.07) is 1.68. The zero-order valence-electron chi connectivity index (χ0n) is 14.0. The predicted molar refractivity (Wildman–Crippen MR) is 86.2 cm³/mol. The van der Waals surface area contributed by atoms with Crippen molar-refractivity contribution >= 4 is 11.8 Å². The fraction of sp³-hybridized carbons (Fsp3) is 0.647. The maximum Gasteiger partial charge on any atom is 0.257 e. The Morgan fingerprint density at radius 1 is 1.43 bits per heavy atom. The smallest absolute Gasteiger partial charge is 0.257 e. The lowest BCUT2D eigenvalue weighted by atomic mass is 10.1. The van der Waals surface area contributed by atoms with Crippen molar-refractivity contribution in [3.05, 3.63) is 23.7 Å². The SMILES string of the molecule is CCCNC(=O)CCN(C[C@@H]1CCCO1)C(=O)c1ccoc1C. The van der Waals surface area contributed by atoms with E-state index in [-0.39, 0.29) is 17.9 Å². The highest BCUT2D eigenvalue weighted by Crippen LogP contribution is 2.17. The van der Waals surface area contributed by atoms with Crippen molar-refractivity contribution in [3.63, 3.8) is 0 Å². The van der Waals surface area contributed by atoms with E-state index in [9.17, 15) is 9.59 Å². The quantitative estimate of drug-likeness (QED) is 0.796. The number of carbonyl (C=O) groups is 2. The zero-order chi connectivity index (χ0) is 16.7. The van der Waals surface area contributed by atoms with Crippen LogP contribution in [0.2, 0.25) is 0 Å². The van der Waals surface area contributed by atoms with Crippen LogP contribution in [0.5, 0.6) is 0 Å². The first-order valence-electron chi connectivity index (χ1n) is 8.33. The zero-order valence-corrected chi connectivity index (χ0v) is 14.0. The van der Waals surface area contributed by atoms with Crippen LogP contribution in [0.4, 0.5) is 0 Å². The summed E-state index contributed by atoms with van der Waals surface area (Å²) in [6.07, 6.45) is 4.75. The molecule has 128 valence electrons. The van der Waals surface area contributed by atoms with E-state index in [0.29, 0.717) is 37.4 Å². The minimum absolute atomic E-state index is 0.0269. The molecule has 0 aliphatic carbocycles. The largest absolute Gasteiger partial charge is 0.469 e. The third kappa shape index (κ3) is 5.10. The van der Waals surface area contributed by atoms with Gasteiger partial charge in [0.05, 0.1) is 17.9 Å². The van der Waals surface area contributed by atoms with Gasteiger partial charge in [-0.25, -0.2) is 0 Å². The third-order valence-corrected chi connectivity index (χ3v) is 4.01. The van der Waals surface area contributed by atoms with Gasteiger partial charge in [0, 0.05) is 32.7 Å². The van der Waals surface area contributed by atoms with Gasteiger partial charge >= 0.3 is 0 Å². The second-order valence-electron chi connectivity index (χ2n) is 5.88. The highest BCUT2D eigenvalue weighted by Gasteiger charge is 2.25. The second kappa shape index (κ2) is 8.72. The van der Waals surface area contributed by atoms with Crippen LogP contribution in [-0.2, 0) is 9.53 Å². The van der Waals surface area contributed by atoms with E-state index in [4.69, 9.17) is 9.15 Å². The Morgan fingerprint density at radius 2 is 2.26 bits per heavy atom. The standard InChI is InChI=1S/C17H26N2O4/c1-3-8-18-16(20)6-9-19(12-14-5-4-10-23-14)17(21)15-7-11-22-13(15)2/h7,11,14H,3-6,8-10,12H2,1-2H3,(H,18,20)/t14-/m0/s1. The fourth-order valence-corrected chi connectivity index (χ4v) is 2.68. The number of hydrogen-bond acceptors (Lipinski definition) is 4. The molecule has 1 fully saturated rings. The molecule has 1 aliphatic rings. The summed E-state index contributed by atoms with van der Waals surface area (Å²) >= 11 is 0. The van der Waals surface area contributed by atoms with E-state index in [2.05, 4.69) is 5.32 Å². The van der Waals surface area contributed by atoms with Crippen molar-refractivity contribution in [2.24, 2.45) is 0 Å². The second-order valence-corrected chi connectivity index (χ2v) is 5.88. The molecule has 0 unspecified atom stereocenters. The Bertz CT molecular complexity index is 520. The molecule has 0 spiro atoms. The lowest BCUT2D eigenvalue weighted by molar-refractivity contribution is -0.121. The highest BCUT2D eigenvalue weighted by atomic mass is 16.5. The Labute approximate surface area is 137 Å². The lowest BCUT2D eigenvalue weighted by Crippen LogP contribution is -2.40. The molecule has 1 aromatic heterocycles. The molecule has 1 N–H and O–H groups in total. The molecule has 2 heterocycles. The van der Waals surface area contributed by atoms with Gasteiger partial charge in [0.25, 0.3) is 5.91 Å². The maximum absolute atomic E-state index is 12.7. The predicted octanol–water partition coefficient (Wildman–Crippen LogP) is 2.13. The lowest BCUT2D eigenvalue weighted by Gasteiger charge is -2.25. The van der Waals surface area contributed by atoms with Crippen LogP contribution < -0.4 is 5.32 Å². The third-order valence-electron chi connectivity index (χ3n) is 4.01. The molecular weight excluding hydrogens is 296 g/mol. The minimum Gasteiger partial charge on any atom is -0.469 e. The average molecular weight is 322 g/mol. The number of hydrogen-bond donors (Lipinski definition) is 1. The molecule has 23 heavy (non-hydrogen) atoms. The van der Waals surface area contributed by atoms with Crippen LogP contribution in [0.25, 0.3) is 0 Å². The first kappa shape index (κ1) is 17.5. The first-order valence-corrected chi connectivity index (χ1v) is 8.33. The highest BCUT2D eigenvalue weighted by molar-refractivity contribution is 5.95. The molecule has 0 radical (unpaired) electrons. The van der Waals surface area contributed by atoms with Gasteiger partial charge in [-0.05, 0) is 32.3 Å². The van der Waals surface area contributed by atoms with Crippen LogP contribution in [-0.4, -0.2) is 49.1 Å². The van der Waals surface area contributed by atoms with Crippen molar-refractivity contribution in [3.8, 4) is 0 Å². The molecule has 1 atom stereocenters. The molecule has 0 bridgehead atoms.